The molecule has 1 fully saturated rings. The van der Waals surface area contributed by atoms with Crippen molar-refractivity contribution in [2.24, 2.45) is 0 Å². The maximum Gasteiger partial charge on any atom is 0.258 e. The van der Waals surface area contributed by atoms with Crippen molar-refractivity contribution in [2.45, 2.75) is 44.7 Å². The Morgan fingerprint density at radius 1 is 0.926 bits per heavy atom. The van der Waals surface area contributed by atoms with Crippen LogP contribution in [0.15, 0.2) is 54.6 Å². The fraction of sp³-hybridized carbons (Fsp3) is 0.364. The lowest BCUT2D eigenvalue weighted by Gasteiger charge is -2.22. The van der Waals surface area contributed by atoms with E-state index in [1.54, 1.807) is 24.3 Å². The smallest absolute Gasteiger partial charge is 0.258 e. The molecule has 2 N–H and O–H groups in total. The lowest BCUT2D eigenvalue weighted by atomic mass is 9.95. The van der Waals surface area contributed by atoms with Crippen molar-refractivity contribution < 1.29 is 14.3 Å². The van der Waals surface area contributed by atoms with Crippen molar-refractivity contribution in [3.8, 4) is 5.75 Å². The van der Waals surface area contributed by atoms with Gasteiger partial charge < -0.3 is 15.4 Å². The zero-order chi connectivity index (χ0) is 18.9. The molecule has 1 aliphatic rings. The third-order valence-electron chi connectivity index (χ3n) is 4.75. The summed E-state index contributed by atoms with van der Waals surface area (Å²) >= 11 is 0. The summed E-state index contributed by atoms with van der Waals surface area (Å²) in [5.41, 5.74) is 1.61. The lowest BCUT2D eigenvalue weighted by molar-refractivity contribution is -0.124. The standard InChI is InChI=1S/C22H26N2O3/c25-21(24-19-9-5-2-6-10-19)16-27-20-13-11-18(12-14-20)22(26)23-15-17-7-3-1-4-8-17/h1,3-4,7-8,11-14,19H,2,5-6,9-10,15-16H2,(H,23,26)(H,24,25). The van der Waals surface area contributed by atoms with E-state index in [-0.39, 0.29) is 24.5 Å². The van der Waals surface area contributed by atoms with E-state index in [2.05, 4.69) is 10.6 Å². The zero-order valence-electron chi connectivity index (χ0n) is 15.4. The molecule has 0 aliphatic heterocycles. The second-order valence-electron chi connectivity index (χ2n) is 6.88. The molecule has 2 aromatic carbocycles. The average Bonchev–Trinajstić information content (AvgIpc) is 2.72. The van der Waals surface area contributed by atoms with E-state index in [0.29, 0.717) is 17.9 Å². The van der Waals surface area contributed by atoms with Gasteiger partial charge in [-0.15, -0.1) is 0 Å². The Hall–Kier alpha value is -2.82. The summed E-state index contributed by atoms with van der Waals surface area (Å²) < 4.78 is 5.53. The molecule has 0 heterocycles. The molecular weight excluding hydrogens is 340 g/mol. The van der Waals surface area contributed by atoms with E-state index in [0.717, 1.165) is 18.4 Å². The molecule has 2 amide bonds. The van der Waals surface area contributed by atoms with Gasteiger partial charge in [0.2, 0.25) is 0 Å². The van der Waals surface area contributed by atoms with E-state index >= 15 is 0 Å². The van der Waals surface area contributed by atoms with Crippen LogP contribution in [0, 0.1) is 0 Å². The van der Waals surface area contributed by atoms with Gasteiger partial charge in [-0.2, -0.15) is 0 Å². The van der Waals surface area contributed by atoms with Crippen molar-refractivity contribution in [2.75, 3.05) is 6.61 Å². The van der Waals surface area contributed by atoms with Crippen molar-refractivity contribution in [1.82, 2.24) is 10.6 Å². The Balaban J connectivity index is 1.42. The summed E-state index contributed by atoms with van der Waals surface area (Å²) in [5, 5.41) is 5.91. The van der Waals surface area contributed by atoms with Gasteiger partial charge in [-0.1, -0.05) is 49.6 Å². The van der Waals surface area contributed by atoms with Crippen LogP contribution in [-0.4, -0.2) is 24.5 Å². The molecule has 1 saturated carbocycles. The molecule has 1 aliphatic carbocycles. The quantitative estimate of drug-likeness (QED) is 0.789. The van der Waals surface area contributed by atoms with Gasteiger partial charge in [0.1, 0.15) is 5.75 Å². The van der Waals surface area contributed by atoms with Crippen LogP contribution in [0.2, 0.25) is 0 Å². The number of rotatable bonds is 7. The molecule has 0 spiro atoms. The van der Waals surface area contributed by atoms with Gasteiger partial charge in [0, 0.05) is 18.2 Å². The number of hydrogen-bond acceptors (Lipinski definition) is 3. The Morgan fingerprint density at radius 2 is 1.63 bits per heavy atom. The van der Waals surface area contributed by atoms with E-state index in [4.69, 9.17) is 4.74 Å². The third-order valence-corrected chi connectivity index (χ3v) is 4.75. The van der Waals surface area contributed by atoms with Crippen LogP contribution in [0.25, 0.3) is 0 Å². The number of benzene rings is 2. The molecule has 0 saturated heterocycles. The largest absolute Gasteiger partial charge is 0.484 e. The molecule has 0 bridgehead atoms. The number of amides is 2. The summed E-state index contributed by atoms with van der Waals surface area (Å²) in [6.07, 6.45) is 5.73. The highest BCUT2D eigenvalue weighted by Gasteiger charge is 2.15. The SMILES string of the molecule is O=C(COc1ccc(C(=O)NCc2ccccc2)cc1)NC1CCCCC1. The molecule has 3 rings (SSSR count). The normalized spacial score (nSPS) is 14.4. The highest BCUT2D eigenvalue weighted by Crippen LogP contribution is 2.17. The monoisotopic (exact) mass is 366 g/mol. The maximum atomic E-state index is 12.2. The number of nitrogens with one attached hydrogen (secondary N) is 2. The molecule has 2 aromatic rings. The first kappa shape index (κ1) is 19.0. The minimum Gasteiger partial charge on any atom is -0.484 e. The van der Waals surface area contributed by atoms with Crippen molar-refractivity contribution >= 4 is 11.8 Å². The molecule has 5 heteroatoms. The Kier molecular flexibility index (Phi) is 6.85. The topological polar surface area (TPSA) is 67.4 Å². The molecule has 0 unspecified atom stereocenters. The van der Waals surface area contributed by atoms with Crippen molar-refractivity contribution in [3.05, 3.63) is 65.7 Å². The van der Waals surface area contributed by atoms with E-state index in [9.17, 15) is 9.59 Å². The predicted octanol–water partition coefficient (Wildman–Crippen LogP) is 3.44. The second kappa shape index (κ2) is 9.76. The molecule has 27 heavy (non-hydrogen) atoms. The molecule has 0 radical (unpaired) electrons. The van der Waals surface area contributed by atoms with Gasteiger partial charge in [0.25, 0.3) is 11.8 Å². The van der Waals surface area contributed by atoms with Gasteiger partial charge in [0.05, 0.1) is 0 Å². The lowest BCUT2D eigenvalue weighted by Crippen LogP contribution is -2.38. The summed E-state index contributed by atoms with van der Waals surface area (Å²) in [6, 6.07) is 16.9. The van der Waals surface area contributed by atoms with Crippen LogP contribution in [0.1, 0.15) is 48.0 Å². The highest BCUT2D eigenvalue weighted by atomic mass is 16.5. The van der Waals surface area contributed by atoms with Crippen LogP contribution in [0.3, 0.4) is 0 Å². The maximum absolute atomic E-state index is 12.2. The van der Waals surface area contributed by atoms with Crippen molar-refractivity contribution in [3.63, 3.8) is 0 Å². The fourth-order valence-electron chi connectivity index (χ4n) is 3.25. The highest BCUT2D eigenvalue weighted by molar-refractivity contribution is 5.94. The van der Waals surface area contributed by atoms with E-state index < -0.39 is 0 Å². The minimum absolute atomic E-state index is 0.00392. The fourth-order valence-corrected chi connectivity index (χ4v) is 3.25. The van der Waals surface area contributed by atoms with Crippen molar-refractivity contribution in [1.29, 1.82) is 0 Å². The Morgan fingerprint density at radius 3 is 2.33 bits per heavy atom. The summed E-state index contributed by atoms with van der Waals surface area (Å²) in [5.74, 6) is 0.348. The summed E-state index contributed by atoms with van der Waals surface area (Å²) in [7, 11) is 0. The third kappa shape index (κ3) is 6.13. The zero-order valence-corrected chi connectivity index (χ0v) is 15.4. The van der Waals surface area contributed by atoms with Gasteiger partial charge in [0.15, 0.2) is 6.61 Å². The number of hydrogen-bond donors (Lipinski definition) is 2. The summed E-state index contributed by atoms with van der Waals surface area (Å²) in [6.45, 7) is 0.481. The molecular formula is C22H26N2O3. The van der Waals surface area contributed by atoms with E-state index in [1.165, 1.54) is 19.3 Å². The first-order valence-corrected chi connectivity index (χ1v) is 9.55. The second-order valence-corrected chi connectivity index (χ2v) is 6.88. The van der Waals surface area contributed by atoms with Gasteiger partial charge in [-0.05, 0) is 42.7 Å². The van der Waals surface area contributed by atoms with Crippen LogP contribution in [0.5, 0.6) is 5.75 Å². The van der Waals surface area contributed by atoms with Gasteiger partial charge in [-0.25, -0.2) is 0 Å². The van der Waals surface area contributed by atoms with Crippen LogP contribution in [0.4, 0.5) is 0 Å². The van der Waals surface area contributed by atoms with Crippen LogP contribution >= 0.6 is 0 Å². The molecule has 142 valence electrons. The number of ether oxygens (including phenoxy) is 1. The Labute approximate surface area is 160 Å². The van der Waals surface area contributed by atoms with E-state index in [1.807, 2.05) is 30.3 Å². The molecule has 0 atom stereocenters. The average molecular weight is 366 g/mol. The molecule has 0 aromatic heterocycles. The van der Waals surface area contributed by atoms with Gasteiger partial charge >= 0.3 is 0 Å². The Bertz CT molecular complexity index is 738. The number of carbonyl (C=O) groups excluding carboxylic acids is 2. The first-order chi connectivity index (χ1) is 13.2. The number of carbonyl (C=O) groups is 2. The molecule has 5 nitrogen and oxygen atoms in total. The van der Waals surface area contributed by atoms with Crippen LogP contribution < -0.4 is 15.4 Å². The summed E-state index contributed by atoms with van der Waals surface area (Å²) in [4.78, 5) is 24.2. The predicted molar refractivity (Wildman–Crippen MR) is 105 cm³/mol. The van der Waals surface area contributed by atoms with Gasteiger partial charge in [-0.3, -0.25) is 9.59 Å². The first-order valence-electron chi connectivity index (χ1n) is 9.55. The van der Waals surface area contributed by atoms with Crippen LogP contribution in [-0.2, 0) is 11.3 Å². The minimum atomic E-state index is -0.138.